The molecule has 24 heavy (non-hydrogen) atoms. The molecule has 130 valence electrons. The minimum atomic E-state index is -3.73. The molecule has 1 aromatic carbocycles. The predicted octanol–water partition coefficient (Wildman–Crippen LogP) is 0.850. The average Bonchev–Trinajstić information content (AvgIpc) is 2.58. The zero-order valence-electron chi connectivity index (χ0n) is 13.1. The molecule has 1 aliphatic carbocycles. The Morgan fingerprint density at radius 1 is 1.21 bits per heavy atom. The van der Waals surface area contributed by atoms with Gasteiger partial charge in [0.25, 0.3) is 5.91 Å². The van der Waals surface area contributed by atoms with Crippen LogP contribution in [0.1, 0.15) is 24.8 Å². The second kappa shape index (κ2) is 8.07. The molecule has 7 nitrogen and oxygen atoms in total. The normalized spacial score (nSPS) is 17.3. The number of benzene rings is 1. The van der Waals surface area contributed by atoms with Gasteiger partial charge in [-0.15, -0.1) is 0 Å². The fraction of sp³-hybridized carbons (Fsp3) is 0.375. The lowest BCUT2D eigenvalue weighted by molar-refractivity contribution is -0.152. The smallest absolute Gasteiger partial charge is 0.309 e. The molecule has 0 saturated heterocycles. The van der Waals surface area contributed by atoms with Crippen LogP contribution in [0.4, 0.5) is 0 Å². The van der Waals surface area contributed by atoms with Crippen molar-refractivity contribution in [3.05, 3.63) is 42.0 Å². The van der Waals surface area contributed by atoms with E-state index in [0.717, 1.165) is 12.8 Å². The van der Waals surface area contributed by atoms with Gasteiger partial charge in [0.2, 0.25) is 10.0 Å². The summed E-state index contributed by atoms with van der Waals surface area (Å²) in [6.07, 6.45) is 6.21. The average molecular weight is 352 g/mol. The summed E-state index contributed by atoms with van der Waals surface area (Å²) in [4.78, 5) is 23.5. The Morgan fingerprint density at radius 2 is 1.92 bits per heavy atom. The summed E-state index contributed by atoms with van der Waals surface area (Å²) in [7, 11) is -3.73. The van der Waals surface area contributed by atoms with Gasteiger partial charge in [-0.25, -0.2) is 13.6 Å². The summed E-state index contributed by atoms with van der Waals surface area (Å²) < 4.78 is 27.3. The molecule has 0 bridgehead atoms. The first-order chi connectivity index (χ1) is 11.4. The lowest BCUT2D eigenvalue weighted by atomic mass is 9.95. The van der Waals surface area contributed by atoms with Crippen molar-refractivity contribution in [2.24, 2.45) is 11.1 Å². The van der Waals surface area contributed by atoms with Crippen molar-refractivity contribution in [3.8, 4) is 0 Å². The maximum Gasteiger partial charge on any atom is 0.309 e. The van der Waals surface area contributed by atoms with E-state index in [2.05, 4.69) is 5.32 Å². The van der Waals surface area contributed by atoms with E-state index in [-0.39, 0.29) is 29.9 Å². The van der Waals surface area contributed by atoms with Gasteiger partial charge in [-0.3, -0.25) is 9.59 Å². The highest BCUT2D eigenvalue weighted by Gasteiger charge is 2.20. The van der Waals surface area contributed by atoms with Crippen molar-refractivity contribution in [1.29, 1.82) is 0 Å². The highest BCUT2D eigenvalue weighted by atomic mass is 32.2. The molecule has 0 aliphatic heterocycles. The predicted molar refractivity (Wildman–Crippen MR) is 87.1 cm³/mol. The van der Waals surface area contributed by atoms with Crippen LogP contribution in [0.25, 0.3) is 0 Å². The first-order valence-electron chi connectivity index (χ1n) is 7.56. The number of esters is 1. The van der Waals surface area contributed by atoms with E-state index in [1.54, 1.807) is 12.1 Å². The number of ether oxygens (including phenoxy) is 1. The lowest BCUT2D eigenvalue weighted by Gasteiger charge is -2.16. The van der Waals surface area contributed by atoms with Crippen LogP contribution in [-0.4, -0.2) is 26.9 Å². The lowest BCUT2D eigenvalue weighted by Crippen LogP contribution is -2.30. The first-order valence-corrected chi connectivity index (χ1v) is 9.11. The number of carbonyl (C=O) groups is 2. The molecule has 0 aromatic heterocycles. The van der Waals surface area contributed by atoms with E-state index in [0.29, 0.717) is 12.0 Å². The largest absolute Gasteiger partial charge is 0.455 e. The van der Waals surface area contributed by atoms with Crippen molar-refractivity contribution in [2.75, 3.05) is 6.61 Å². The molecular weight excluding hydrogens is 332 g/mol. The molecule has 0 fully saturated rings. The monoisotopic (exact) mass is 352 g/mol. The number of hydrogen-bond donors (Lipinski definition) is 2. The zero-order valence-corrected chi connectivity index (χ0v) is 13.9. The second-order valence-electron chi connectivity index (χ2n) is 5.55. The maximum atomic E-state index is 11.8. The molecule has 1 aliphatic rings. The number of allylic oxidation sites excluding steroid dienone is 2. The molecule has 3 N–H and O–H groups in total. The molecule has 2 rings (SSSR count). The van der Waals surface area contributed by atoms with Crippen LogP contribution in [0.15, 0.2) is 41.3 Å². The van der Waals surface area contributed by atoms with Gasteiger partial charge in [0.05, 0.1) is 10.8 Å². The van der Waals surface area contributed by atoms with Crippen molar-refractivity contribution >= 4 is 21.9 Å². The topological polar surface area (TPSA) is 116 Å². The Morgan fingerprint density at radius 3 is 2.50 bits per heavy atom. The number of amides is 1. The Balaban J connectivity index is 1.75. The summed E-state index contributed by atoms with van der Waals surface area (Å²) in [5.74, 6) is -0.939. The molecule has 0 saturated carbocycles. The van der Waals surface area contributed by atoms with E-state index in [1.165, 1.54) is 12.1 Å². The Bertz CT molecular complexity index is 725. The number of sulfonamides is 1. The fourth-order valence-electron chi connectivity index (χ4n) is 2.31. The summed E-state index contributed by atoms with van der Waals surface area (Å²) in [5, 5.41) is 7.61. The molecule has 1 aromatic rings. The quantitative estimate of drug-likeness (QED) is 0.582. The summed E-state index contributed by atoms with van der Waals surface area (Å²) >= 11 is 0. The molecule has 8 heteroatoms. The van der Waals surface area contributed by atoms with Crippen molar-refractivity contribution in [1.82, 2.24) is 5.32 Å². The van der Waals surface area contributed by atoms with E-state index < -0.39 is 15.9 Å². The van der Waals surface area contributed by atoms with Crippen molar-refractivity contribution in [3.63, 3.8) is 0 Å². The minimum absolute atomic E-state index is 0.00744. The van der Waals surface area contributed by atoms with E-state index in [1.807, 2.05) is 12.2 Å². The van der Waals surface area contributed by atoms with Gasteiger partial charge in [0.15, 0.2) is 6.61 Å². The van der Waals surface area contributed by atoms with E-state index in [9.17, 15) is 18.0 Å². The highest BCUT2D eigenvalue weighted by Crippen LogP contribution is 2.19. The van der Waals surface area contributed by atoms with Gasteiger partial charge < -0.3 is 10.1 Å². The van der Waals surface area contributed by atoms with Crippen LogP contribution in [0.2, 0.25) is 0 Å². The van der Waals surface area contributed by atoms with Gasteiger partial charge in [-0.05, 0) is 37.0 Å². The minimum Gasteiger partial charge on any atom is -0.455 e. The second-order valence-corrected chi connectivity index (χ2v) is 7.12. The van der Waals surface area contributed by atoms with Crippen LogP contribution in [0, 0.1) is 5.92 Å². The molecular formula is C16H20N2O5S. The van der Waals surface area contributed by atoms with Gasteiger partial charge in [-0.1, -0.05) is 24.3 Å². The van der Waals surface area contributed by atoms with Gasteiger partial charge in [0.1, 0.15) is 0 Å². The van der Waals surface area contributed by atoms with Crippen LogP contribution < -0.4 is 10.5 Å². The van der Waals surface area contributed by atoms with E-state index in [4.69, 9.17) is 9.88 Å². The fourth-order valence-corrected chi connectivity index (χ4v) is 2.83. The molecule has 0 spiro atoms. The van der Waals surface area contributed by atoms with Crippen molar-refractivity contribution < 1.29 is 22.7 Å². The van der Waals surface area contributed by atoms with Crippen LogP contribution >= 0.6 is 0 Å². The SMILES string of the molecule is NS(=O)(=O)c1ccc(CNC(=O)COC(=O)C2CC=CCC2)cc1. The number of carbonyl (C=O) groups excluding carboxylic acids is 2. The standard InChI is InChI=1S/C16H20N2O5S/c17-24(21,22)14-8-6-12(7-9-14)10-18-15(19)11-23-16(20)13-4-2-1-3-5-13/h1-2,6-9,13H,3-5,10-11H2,(H,18,19)(H2,17,21,22). The number of nitrogens with one attached hydrogen (secondary N) is 1. The third-order valence-corrected chi connectivity index (χ3v) is 4.62. The Kier molecular flexibility index (Phi) is 6.10. The molecule has 1 atom stereocenters. The highest BCUT2D eigenvalue weighted by molar-refractivity contribution is 7.89. The summed E-state index contributed by atoms with van der Waals surface area (Å²) in [6.45, 7) is -0.123. The van der Waals surface area contributed by atoms with Gasteiger partial charge in [0, 0.05) is 6.54 Å². The van der Waals surface area contributed by atoms with Crippen LogP contribution in [0.3, 0.4) is 0 Å². The molecule has 0 radical (unpaired) electrons. The van der Waals surface area contributed by atoms with E-state index >= 15 is 0 Å². The summed E-state index contributed by atoms with van der Waals surface area (Å²) in [5.41, 5.74) is 0.708. The Labute approximate surface area is 140 Å². The number of primary sulfonamides is 1. The number of nitrogens with two attached hydrogens (primary N) is 1. The van der Waals surface area contributed by atoms with Gasteiger partial charge >= 0.3 is 5.97 Å². The molecule has 1 amide bonds. The third kappa shape index (κ3) is 5.47. The molecule has 0 heterocycles. The van der Waals surface area contributed by atoms with Crippen LogP contribution in [-0.2, 0) is 30.9 Å². The number of hydrogen-bond acceptors (Lipinski definition) is 5. The zero-order chi connectivity index (χ0) is 17.6. The molecule has 1 unspecified atom stereocenters. The Hall–Kier alpha value is -2.19. The number of rotatable bonds is 6. The van der Waals surface area contributed by atoms with Crippen molar-refractivity contribution in [2.45, 2.75) is 30.7 Å². The third-order valence-electron chi connectivity index (χ3n) is 3.69. The van der Waals surface area contributed by atoms with Gasteiger partial charge in [-0.2, -0.15) is 0 Å². The first kappa shape index (κ1) is 18.2. The van der Waals surface area contributed by atoms with Crippen LogP contribution in [0.5, 0.6) is 0 Å². The summed E-state index contributed by atoms with van der Waals surface area (Å²) in [6, 6.07) is 5.85. The maximum absolute atomic E-state index is 11.8.